The van der Waals surface area contributed by atoms with E-state index >= 15 is 0 Å². The zero-order valence-corrected chi connectivity index (χ0v) is 15.8. The van der Waals surface area contributed by atoms with Crippen molar-refractivity contribution in [3.05, 3.63) is 71.3 Å². The van der Waals surface area contributed by atoms with E-state index in [1.165, 1.54) is 11.1 Å². The Kier molecular flexibility index (Phi) is 4.16. The number of benzene rings is 2. The van der Waals surface area contributed by atoms with Crippen molar-refractivity contribution < 1.29 is 0 Å². The van der Waals surface area contributed by atoms with Gasteiger partial charge in [0, 0.05) is 19.6 Å². The minimum Gasteiger partial charge on any atom is -0.276 e. The highest BCUT2D eigenvalue weighted by molar-refractivity contribution is 6.05. The van der Waals surface area contributed by atoms with E-state index in [2.05, 4.69) is 81.3 Å². The molecule has 27 heavy (non-hydrogen) atoms. The first-order chi connectivity index (χ1) is 13.2. The summed E-state index contributed by atoms with van der Waals surface area (Å²) < 4.78 is 0. The number of hydrogen-bond donors (Lipinski definition) is 0. The highest BCUT2D eigenvalue weighted by Crippen LogP contribution is 2.38. The second-order valence-corrected chi connectivity index (χ2v) is 8.16. The van der Waals surface area contributed by atoms with Crippen LogP contribution in [0.4, 0.5) is 0 Å². The summed E-state index contributed by atoms with van der Waals surface area (Å²) in [6.45, 7) is 8.52. The van der Waals surface area contributed by atoms with E-state index < -0.39 is 0 Å². The average molecular weight is 359 g/mol. The Morgan fingerprint density at radius 1 is 0.852 bits per heavy atom. The van der Waals surface area contributed by atoms with Crippen molar-refractivity contribution in [2.24, 2.45) is 15.6 Å². The van der Waals surface area contributed by atoms with Crippen LogP contribution >= 0.6 is 0 Å². The van der Waals surface area contributed by atoms with Crippen molar-refractivity contribution in [3.63, 3.8) is 0 Å². The molecule has 0 spiro atoms. The van der Waals surface area contributed by atoms with Gasteiger partial charge in [-0.15, -0.1) is 0 Å². The Morgan fingerprint density at radius 2 is 1.44 bits per heavy atom. The summed E-state index contributed by atoms with van der Waals surface area (Å²) in [4.78, 5) is 7.58. The van der Waals surface area contributed by atoms with Crippen LogP contribution in [0.15, 0.2) is 64.8 Å². The zero-order chi connectivity index (χ0) is 18.3. The lowest BCUT2D eigenvalue weighted by Gasteiger charge is -2.60. The molecular formula is C22H25N5. The summed E-state index contributed by atoms with van der Waals surface area (Å²) in [5.74, 6) is 0. The van der Waals surface area contributed by atoms with Gasteiger partial charge < -0.3 is 0 Å². The molecule has 5 nitrogen and oxygen atoms in total. The second-order valence-electron chi connectivity index (χ2n) is 8.16. The average Bonchev–Trinajstić information content (AvgIpc) is 2.66. The molecule has 2 aromatic rings. The lowest BCUT2D eigenvalue weighted by Crippen LogP contribution is -2.74. The molecule has 0 saturated carbocycles. The highest BCUT2D eigenvalue weighted by Gasteiger charge is 2.51. The largest absolute Gasteiger partial charge is 0.276 e. The number of hydrogen-bond acceptors (Lipinski definition) is 5. The normalized spacial score (nSPS) is 32.3. The first-order valence-corrected chi connectivity index (χ1v) is 9.61. The molecule has 0 aromatic heterocycles. The van der Waals surface area contributed by atoms with Gasteiger partial charge in [-0.2, -0.15) is 10.2 Å². The minimum atomic E-state index is 0.0285. The molecule has 0 N–H and O–H groups in total. The second kappa shape index (κ2) is 6.68. The highest BCUT2D eigenvalue weighted by atomic mass is 15.5. The molecule has 138 valence electrons. The quantitative estimate of drug-likeness (QED) is 0.622. The van der Waals surface area contributed by atoms with E-state index in [9.17, 15) is 0 Å². The summed E-state index contributed by atoms with van der Waals surface area (Å²) in [6.07, 6.45) is 1.86. The summed E-state index contributed by atoms with van der Waals surface area (Å²) in [5.41, 5.74) is 4.67. The Hall–Kier alpha value is -2.34. The summed E-state index contributed by atoms with van der Waals surface area (Å²) in [5, 5.41) is 9.32. The molecule has 4 aliphatic rings. The first kappa shape index (κ1) is 16.8. The molecule has 0 radical (unpaired) electrons. The first-order valence-electron chi connectivity index (χ1n) is 9.61. The smallest absolute Gasteiger partial charge is 0.0802 e. The SMILES string of the molecule is Cc1ccc(/C=N\N=C(c2ccccc2)C23CN4CN(CN(C4)C2)C3)cc1. The fraction of sp³-hybridized carbons (Fsp3) is 0.364. The van der Waals surface area contributed by atoms with Gasteiger partial charge in [0.15, 0.2) is 0 Å². The summed E-state index contributed by atoms with van der Waals surface area (Å²) in [7, 11) is 0. The van der Waals surface area contributed by atoms with Crippen LogP contribution in [0, 0.1) is 12.3 Å². The number of rotatable bonds is 4. The third kappa shape index (κ3) is 3.23. The van der Waals surface area contributed by atoms with Crippen molar-refractivity contribution >= 4 is 11.9 Å². The molecule has 5 heteroatoms. The minimum absolute atomic E-state index is 0.0285. The van der Waals surface area contributed by atoms with Crippen LogP contribution in [0.3, 0.4) is 0 Å². The van der Waals surface area contributed by atoms with Crippen LogP contribution < -0.4 is 0 Å². The van der Waals surface area contributed by atoms with Gasteiger partial charge >= 0.3 is 0 Å². The summed E-state index contributed by atoms with van der Waals surface area (Å²) >= 11 is 0. The Labute approximate surface area is 160 Å². The maximum Gasteiger partial charge on any atom is 0.0802 e. The van der Waals surface area contributed by atoms with E-state index in [-0.39, 0.29) is 5.41 Å². The van der Waals surface area contributed by atoms with Crippen molar-refractivity contribution in [2.75, 3.05) is 39.6 Å². The maximum absolute atomic E-state index is 4.81. The molecule has 4 saturated heterocycles. The van der Waals surface area contributed by atoms with Gasteiger partial charge in [0.1, 0.15) is 0 Å². The zero-order valence-electron chi connectivity index (χ0n) is 15.8. The Morgan fingerprint density at radius 3 is 2.04 bits per heavy atom. The molecule has 4 aliphatic heterocycles. The van der Waals surface area contributed by atoms with E-state index in [0.29, 0.717) is 0 Å². The van der Waals surface area contributed by atoms with Crippen molar-refractivity contribution in [1.29, 1.82) is 0 Å². The lowest BCUT2D eigenvalue weighted by atomic mass is 9.74. The molecule has 4 heterocycles. The molecule has 2 aromatic carbocycles. The predicted molar refractivity (Wildman–Crippen MR) is 109 cm³/mol. The van der Waals surface area contributed by atoms with Gasteiger partial charge in [0.25, 0.3) is 0 Å². The standard InChI is InChI=1S/C22H25N5/c1-18-7-9-19(10-8-18)11-23-24-21(20-5-3-2-4-6-20)22-12-25-15-26(13-22)17-27(14-22)16-25/h2-11H,12-17H2,1H3/b23-11-,24-21?. The molecular weight excluding hydrogens is 334 g/mol. The van der Waals surface area contributed by atoms with Crippen molar-refractivity contribution in [2.45, 2.75) is 6.92 Å². The summed E-state index contributed by atoms with van der Waals surface area (Å²) in [6, 6.07) is 19.0. The van der Waals surface area contributed by atoms with Gasteiger partial charge in [0.2, 0.25) is 0 Å². The van der Waals surface area contributed by atoms with Crippen LogP contribution in [0.5, 0.6) is 0 Å². The van der Waals surface area contributed by atoms with Crippen LogP contribution in [0.25, 0.3) is 0 Å². The van der Waals surface area contributed by atoms with E-state index in [1.807, 2.05) is 6.21 Å². The predicted octanol–water partition coefficient (Wildman–Crippen LogP) is 2.62. The van der Waals surface area contributed by atoms with Gasteiger partial charge in [-0.25, -0.2) is 0 Å². The molecule has 0 aliphatic carbocycles. The van der Waals surface area contributed by atoms with Crippen molar-refractivity contribution in [1.82, 2.24) is 14.7 Å². The topological polar surface area (TPSA) is 34.4 Å². The van der Waals surface area contributed by atoms with Gasteiger partial charge in [-0.3, -0.25) is 14.7 Å². The number of aryl methyl sites for hydroxylation is 1. The third-order valence-electron chi connectivity index (χ3n) is 5.77. The monoisotopic (exact) mass is 359 g/mol. The van der Waals surface area contributed by atoms with E-state index in [1.54, 1.807) is 0 Å². The van der Waals surface area contributed by atoms with E-state index in [4.69, 9.17) is 5.10 Å². The van der Waals surface area contributed by atoms with E-state index in [0.717, 1.165) is 50.9 Å². The van der Waals surface area contributed by atoms with Crippen LogP contribution in [0.1, 0.15) is 16.7 Å². The Bertz CT molecular complexity index is 834. The molecule has 6 rings (SSSR count). The lowest BCUT2D eigenvalue weighted by molar-refractivity contribution is -0.149. The van der Waals surface area contributed by atoms with Crippen molar-refractivity contribution in [3.8, 4) is 0 Å². The molecule has 0 amide bonds. The van der Waals surface area contributed by atoms with Gasteiger partial charge in [-0.05, 0) is 18.1 Å². The van der Waals surface area contributed by atoms with Crippen LogP contribution in [-0.4, -0.2) is 66.3 Å². The van der Waals surface area contributed by atoms with Gasteiger partial charge in [-0.1, -0.05) is 60.2 Å². The van der Waals surface area contributed by atoms with Gasteiger partial charge in [0.05, 0.1) is 37.3 Å². The van der Waals surface area contributed by atoms with Crippen LogP contribution in [-0.2, 0) is 0 Å². The maximum atomic E-state index is 4.81. The Balaban J connectivity index is 1.51. The fourth-order valence-corrected chi connectivity index (χ4v) is 4.81. The third-order valence-corrected chi connectivity index (χ3v) is 5.77. The fourth-order valence-electron chi connectivity index (χ4n) is 4.81. The molecule has 0 unspecified atom stereocenters. The number of nitrogens with zero attached hydrogens (tertiary/aromatic N) is 5. The molecule has 0 atom stereocenters. The van der Waals surface area contributed by atoms with Crippen LogP contribution in [0.2, 0.25) is 0 Å². The molecule has 4 bridgehead atoms. The molecule has 4 fully saturated rings.